The van der Waals surface area contributed by atoms with Crippen molar-refractivity contribution in [2.24, 2.45) is 4.99 Å². The van der Waals surface area contributed by atoms with E-state index in [1.165, 1.54) is 5.56 Å². The quantitative estimate of drug-likeness (QED) is 0.352. The minimum absolute atomic E-state index is 0. The molecule has 0 spiro atoms. The highest BCUT2D eigenvalue weighted by Crippen LogP contribution is 2.12. The maximum absolute atomic E-state index is 5.43. The Morgan fingerprint density at radius 2 is 1.96 bits per heavy atom. The van der Waals surface area contributed by atoms with Gasteiger partial charge in [-0.15, -0.1) is 24.0 Å². The SMILES string of the molecule is CCNC(=NCC(C)N1CCOCC1)N(C)Cc1ccc(Br)cc1.I. The fraction of sp³-hybridized carbons (Fsp3) is 0.611. The lowest BCUT2D eigenvalue weighted by atomic mass is 10.2. The molecule has 1 aliphatic rings. The summed E-state index contributed by atoms with van der Waals surface area (Å²) in [5, 5.41) is 3.40. The molecule has 142 valence electrons. The Hall–Kier alpha value is -0.380. The van der Waals surface area contributed by atoms with Gasteiger partial charge in [-0.2, -0.15) is 0 Å². The van der Waals surface area contributed by atoms with Crippen LogP contribution in [0.4, 0.5) is 0 Å². The zero-order valence-corrected chi connectivity index (χ0v) is 19.3. The minimum atomic E-state index is 0. The Balaban J connectivity index is 0.00000312. The summed E-state index contributed by atoms with van der Waals surface area (Å²) >= 11 is 3.48. The number of guanidine groups is 1. The van der Waals surface area contributed by atoms with E-state index in [0.29, 0.717) is 6.04 Å². The van der Waals surface area contributed by atoms with Crippen LogP contribution in [0.15, 0.2) is 33.7 Å². The van der Waals surface area contributed by atoms with Gasteiger partial charge in [0.1, 0.15) is 0 Å². The maximum atomic E-state index is 5.43. The van der Waals surface area contributed by atoms with Crippen molar-refractivity contribution in [2.45, 2.75) is 26.4 Å². The lowest BCUT2D eigenvalue weighted by Gasteiger charge is -2.32. The van der Waals surface area contributed by atoms with Crippen LogP contribution in [0.3, 0.4) is 0 Å². The molecule has 1 fully saturated rings. The van der Waals surface area contributed by atoms with Gasteiger partial charge in [0.05, 0.1) is 19.8 Å². The van der Waals surface area contributed by atoms with Crippen molar-refractivity contribution in [1.82, 2.24) is 15.1 Å². The summed E-state index contributed by atoms with van der Waals surface area (Å²) in [6.07, 6.45) is 0. The molecule has 5 nitrogen and oxygen atoms in total. The molecule has 0 radical (unpaired) electrons. The first-order valence-electron chi connectivity index (χ1n) is 8.66. The second kappa shape index (κ2) is 12.1. The van der Waals surface area contributed by atoms with Crippen LogP contribution >= 0.6 is 39.9 Å². The van der Waals surface area contributed by atoms with Crippen molar-refractivity contribution < 1.29 is 4.74 Å². The molecule has 0 saturated carbocycles. The van der Waals surface area contributed by atoms with Gasteiger partial charge in [0.25, 0.3) is 0 Å². The van der Waals surface area contributed by atoms with Gasteiger partial charge in [-0.3, -0.25) is 9.89 Å². The largest absolute Gasteiger partial charge is 0.379 e. The van der Waals surface area contributed by atoms with E-state index < -0.39 is 0 Å². The summed E-state index contributed by atoms with van der Waals surface area (Å²) in [6.45, 7) is 10.5. The summed E-state index contributed by atoms with van der Waals surface area (Å²) in [5.41, 5.74) is 1.27. The van der Waals surface area contributed by atoms with Gasteiger partial charge in [-0.25, -0.2) is 0 Å². The predicted molar refractivity (Wildman–Crippen MR) is 119 cm³/mol. The van der Waals surface area contributed by atoms with Crippen LogP contribution in [0.2, 0.25) is 0 Å². The number of aliphatic imine (C=N–C) groups is 1. The number of morpholine rings is 1. The summed E-state index contributed by atoms with van der Waals surface area (Å²) < 4.78 is 6.53. The van der Waals surface area contributed by atoms with E-state index in [0.717, 1.165) is 56.4 Å². The Morgan fingerprint density at radius 1 is 1.32 bits per heavy atom. The highest BCUT2D eigenvalue weighted by molar-refractivity contribution is 14.0. The molecular formula is C18H30BrIN4O. The molecule has 1 aromatic rings. The Bertz CT molecular complexity index is 520. The number of hydrogen-bond donors (Lipinski definition) is 1. The predicted octanol–water partition coefficient (Wildman–Crippen LogP) is 3.19. The van der Waals surface area contributed by atoms with E-state index in [-0.39, 0.29) is 24.0 Å². The van der Waals surface area contributed by atoms with Crippen molar-refractivity contribution in [3.63, 3.8) is 0 Å². The molecule has 0 bridgehead atoms. The van der Waals surface area contributed by atoms with Crippen LogP contribution < -0.4 is 5.32 Å². The van der Waals surface area contributed by atoms with E-state index in [2.05, 4.69) is 76.2 Å². The number of nitrogens with zero attached hydrogens (tertiary/aromatic N) is 3. The Labute approximate surface area is 177 Å². The molecule has 2 rings (SSSR count). The number of ether oxygens (including phenoxy) is 1. The number of halogens is 2. The Morgan fingerprint density at radius 3 is 2.56 bits per heavy atom. The van der Waals surface area contributed by atoms with Crippen molar-refractivity contribution >= 4 is 45.9 Å². The van der Waals surface area contributed by atoms with Gasteiger partial charge in [0.15, 0.2) is 5.96 Å². The monoisotopic (exact) mass is 524 g/mol. The van der Waals surface area contributed by atoms with E-state index in [9.17, 15) is 0 Å². The van der Waals surface area contributed by atoms with Gasteiger partial charge >= 0.3 is 0 Å². The topological polar surface area (TPSA) is 40.1 Å². The smallest absolute Gasteiger partial charge is 0.194 e. The molecule has 1 N–H and O–H groups in total. The molecule has 25 heavy (non-hydrogen) atoms. The molecule has 0 aromatic heterocycles. The van der Waals surface area contributed by atoms with Crippen LogP contribution in [-0.4, -0.2) is 68.2 Å². The number of hydrogen-bond acceptors (Lipinski definition) is 3. The molecule has 1 aromatic carbocycles. The summed E-state index contributed by atoms with van der Waals surface area (Å²) in [6, 6.07) is 8.87. The zero-order valence-electron chi connectivity index (χ0n) is 15.4. The third-order valence-electron chi connectivity index (χ3n) is 4.20. The standard InChI is InChI=1S/C18H29BrN4O.HI/c1-4-20-18(21-13-15(2)23-9-11-24-12-10-23)22(3)14-16-5-7-17(19)8-6-16;/h5-8,15H,4,9-14H2,1-3H3,(H,20,21);1H. The minimum Gasteiger partial charge on any atom is -0.379 e. The molecule has 0 aliphatic carbocycles. The molecule has 1 heterocycles. The lowest BCUT2D eigenvalue weighted by molar-refractivity contribution is 0.0220. The van der Waals surface area contributed by atoms with Crippen molar-refractivity contribution in [2.75, 3.05) is 46.4 Å². The molecule has 7 heteroatoms. The highest BCUT2D eigenvalue weighted by Gasteiger charge is 2.17. The number of rotatable bonds is 6. The molecule has 1 saturated heterocycles. The summed E-state index contributed by atoms with van der Waals surface area (Å²) in [5.74, 6) is 0.959. The lowest BCUT2D eigenvalue weighted by Crippen LogP contribution is -2.44. The second-order valence-electron chi connectivity index (χ2n) is 6.17. The number of nitrogens with one attached hydrogen (secondary N) is 1. The van der Waals surface area contributed by atoms with E-state index in [4.69, 9.17) is 9.73 Å². The zero-order chi connectivity index (χ0) is 17.4. The van der Waals surface area contributed by atoms with Crippen LogP contribution in [0.25, 0.3) is 0 Å². The molecule has 1 unspecified atom stereocenters. The van der Waals surface area contributed by atoms with E-state index in [1.807, 2.05) is 0 Å². The van der Waals surface area contributed by atoms with Crippen molar-refractivity contribution in [1.29, 1.82) is 0 Å². The fourth-order valence-corrected chi connectivity index (χ4v) is 3.02. The van der Waals surface area contributed by atoms with Crippen LogP contribution in [0.1, 0.15) is 19.4 Å². The van der Waals surface area contributed by atoms with Gasteiger partial charge in [-0.1, -0.05) is 28.1 Å². The molecular weight excluding hydrogens is 495 g/mol. The summed E-state index contributed by atoms with van der Waals surface area (Å²) in [4.78, 5) is 9.47. The first-order chi connectivity index (χ1) is 11.6. The second-order valence-corrected chi connectivity index (χ2v) is 7.09. The molecule has 1 atom stereocenters. The van der Waals surface area contributed by atoms with Crippen LogP contribution in [0, 0.1) is 0 Å². The normalized spacial score (nSPS) is 16.9. The van der Waals surface area contributed by atoms with E-state index in [1.54, 1.807) is 0 Å². The van der Waals surface area contributed by atoms with Crippen molar-refractivity contribution in [3.05, 3.63) is 34.3 Å². The van der Waals surface area contributed by atoms with Gasteiger partial charge in [-0.05, 0) is 31.5 Å². The third kappa shape index (κ3) is 7.80. The first kappa shape index (κ1) is 22.7. The number of benzene rings is 1. The first-order valence-corrected chi connectivity index (χ1v) is 9.45. The van der Waals surface area contributed by atoms with Crippen LogP contribution in [0.5, 0.6) is 0 Å². The van der Waals surface area contributed by atoms with Gasteiger partial charge in [0.2, 0.25) is 0 Å². The summed E-state index contributed by atoms with van der Waals surface area (Å²) in [7, 11) is 2.09. The van der Waals surface area contributed by atoms with Crippen molar-refractivity contribution in [3.8, 4) is 0 Å². The maximum Gasteiger partial charge on any atom is 0.194 e. The Kier molecular flexibility index (Phi) is 11.0. The average Bonchev–Trinajstić information content (AvgIpc) is 2.61. The van der Waals surface area contributed by atoms with E-state index >= 15 is 0 Å². The van der Waals surface area contributed by atoms with Gasteiger partial charge < -0.3 is 15.0 Å². The third-order valence-corrected chi connectivity index (χ3v) is 4.73. The molecule has 1 aliphatic heterocycles. The average molecular weight is 525 g/mol. The molecule has 0 amide bonds. The fourth-order valence-electron chi connectivity index (χ4n) is 2.76. The van der Waals surface area contributed by atoms with Gasteiger partial charge in [0, 0.05) is 43.7 Å². The van der Waals surface area contributed by atoms with Crippen LogP contribution in [-0.2, 0) is 11.3 Å². The highest BCUT2D eigenvalue weighted by atomic mass is 127.